The number of thiophene rings is 1. The van der Waals surface area contributed by atoms with Crippen LogP contribution in [0.25, 0.3) is 22.0 Å². The number of fused-ring (bicyclic) bond motifs is 1. The van der Waals surface area contributed by atoms with Crippen LogP contribution in [0.15, 0.2) is 29.8 Å². The van der Waals surface area contributed by atoms with Gasteiger partial charge in [-0.25, -0.2) is 12.7 Å². The molecule has 3 aromatic rings. The predicted octanol–water partition coefficient (Wildman–Crippen LogP) is 2.91. The lowest BCUT2D eigenvalue weighted by Crippen LogP contribution is -2.38. The Morgan fingerprint density at radius 3 is 2.64 bits per heavy atom. The van der Waals surface area contributed by atoms with Gasteiger partial charge < -0.3 is 15.8 Å². The molecule has 0 radical (unpaired) electrons. The van der Waals surface area contributed by atoms with Gasteiger partial charge in [0.15, 0.2) is 0 Å². The molecule has 1 fully saturated rings. The highest BCUT2D eigenvalue weighted by atomic mass is 32.2. The molecule has 10 heteroatoms. The van der Waals surface area contributed by atoms with Crippen molar-refractivity contribution in [3.05, 3.63) is 45.8 Å². The highest BCUT2D eigenvalue weighted by Gasteiger charge is 2.29. The summed E-state index contributed by atoms with van der Waals surface area (Å²) < 4.78 is 26.0. The molecule has 0 bridgehead atoms. The summed E-state index contributed by atoms with van der Waals surface area (Å²) in [6.45, 7) is 3.30. The number of nitrogens with zero attached hydrogens (tertiary/aromatic N) is 2. The van der Waals surface area contributed by atoms with Gasteiger partial charge in [-0.3, -0.25) is 9.69 Å². The van der Waals surface area contributed by atoms with E-state index in [0.29, 0.717) is 25.2 Å². The number of hydrogen-bond donors (Lipinski definition) is 3. The maximum atomic E-state index is 12.3. The Morgan fingerprint density at radius 1 is 1.27 bits per heavy atom. The molecule has 0 spiro atoms. The average Bonchev–Trinajstić information content (AvgIpc) is 3.45. The van der Waals surface area contributed by atoms with Crippen molar-refractivity contribution >= 4 is 38.2 Å². The fraction of sp³-hybridized carbons (Fsp3) is 0.435. The zero-order valence-electron chi connectivity index (χ0n) is 18.9. The van der Waals surface area contributed by atoms with Gasteiger partial charge in [0.05, 0.1) is 23.6 Å². The Balaban J connectivity index is 1.68. The molecule has 4 rings (SSSR count). The van der Waals surface area contributed by atoms with Gasteiger partial charge in [0.1, 0.15) is 0 Å². The van der Waals surface area contributed by atoms with Crippen molar-refractivity contribution < 1.29 is 18.3 Å². The van der Waals surface area contributed by atoms with Gasteiger partial charge in [0.25, 0.3) is 5.91 Å². The van der Waals surface area contributed by atoms with Gasteiger partial charge in [-0.15, -0.1) is 11.3 Å². The van der Waals surface area contributed by atoms with E-state index in [-0.39, 0.29) is 18.4 Å². The van der Waals surface area contributed by atoms with Crippen LogP contribution in [0.5, 0.6) is 0 Å². The summed E-state index contributed by atoms with van der Waals surface area (Å²) in [6, 6.07) is 5.98. The van der Waals surface area contributed by atoms with E-state index in [1.54, 1.807) is 22.6 Å². The molecular formula is C23H30N4O4S2. The average molecular weight is 491 g/mol. The van der Waals surface area contributed by atoms with Crippen LogP contribution < -0.4 is 5.73 Å². The summed E-state index contributed by atoms with van der Waals surface area (Å²) in [6.07, 6.45) is 3.40. The second-order valence-electron chi connectivity index (χ2n) is 8.59. The van der Waals surface area contributed by atoms with Gasteiger partial charge in [0.2, 0.25) is 10.0 Å². The molecule has 2 aromatic heterocycles. The van der Waals surface area contributed by atoms with Crippen LogP contribution in [0.4, 0.5) is 0 Å². The lowest BCUT2D eigenvalue weighted by molar-refractivity contribution is 0.100. The number of aromatic nitrogens is 1. The first-order valence-corrected chi connectivity index (χ1v) is 13.5. The Hall–Kier alpha value is -2.24. The summed E-state index contributed by atoms with van der Waals surface area (Å²) in [4.78, 5) is 18.4. The number of nitrogens with two attached hydrogens (primary N) is 1. The van der Waals surface area contributed by atoms with Crippen LogP contribution in [-0.2, 0) is 16.6 Å². The first-order chi connectivity index (χ1) is 15.7. The Kier molecular flexibility index (Phi) is 6.92. The quantitative estimate of drug-likeness (QED) is 0.420. The molecule has 0 atom stereocenters. The maximum Gasteiger partial charge on any atom is 0.250 e. The van der Waals surface area contributed by atoms with Crippen LogP contribution in [0.3, 0.4) is 0 Å². The molecule has 1 amide bonds. The third kappa shape index (κ3) is 4.85. The molecule has 0 aliphatic carbocycles. The fourth-order valence-electron chi connectivity index (χ4n) is 4.51. The third-order valence-corrected chi connectivity index (χ3v) is 9.20. The minimum atomic E-state index is -3.18. The van der Waals surface area contributed by atoms with Crippen LogP contribution in [0, 0.1) is 0 Å². The van der Waals surface area contributed by atoms with Crippen LogP contribution >= 0.6 is 11.3 Å². The molecule has 178 valence electrons. The minimum absolute atomic E-state index is 0.0178. The molecular weight excluding hydrogens is 460 g/mol. The summed E-state index contributed by atoms with van der Waals surface area (Å²) >= 11 is 1.61. The van der Waals surface area contributed by atoms with E-state index in [0.717, 1.165) is 45.3 Å². The number of piperidine rings is 1. The van der Waals surface area contributed by atoms with Crippen LogP contribution in [0.1, 0.15) is 46.5 Å². The zero-order valence-corrected chi connectivity index (χ0v) is 20.5. The normalized spacial score (nSPS) is 16.1. The van der Waals surface area contributed by atoms with Gasteiger partial charge in [-0.05, 0) is 73.0 Å². The summed E-state index contributed by atoms with van der Waals surface area (Å²) in [5, 5.41) is 12.3. The lowest BCUT2D eigenvalue weighted by Gasteiger charge is -2.31. The molecule has 1 aliphatic rings. The largest absolute Gasteiger partial charge is 0.381 e. The molecule has 8 nitrogen and oxygen atoms in total. The number of nitrogens with one attached hydrogen (secondary N) is 1. The fourth-order valence-corrected chi connectivity index (χ4v) is 6.61. The van der Waals surface area contributed by atoms with E-state index in [9.17, 15) is 18.3 Å². The number of benzene rings is 1. The topological polar surface area (TPSA) is 120 Å². The number of rotatable bonds is 8. The highest BCUT2D eigenvalue weighted by Crippen LogP contribution is 2.38. The number of hydrogen-bond acceptors (Lipinski definition) is 6. The predicted molar refractivity (Wildman–Crippen MR) is 132 cm³/mol. The number of aliphatic hydroxyl groups excluding tert-OH is 1. The second kappa shape index (κ2) is 9.55. The second-order valence-corrected chi connectivity index (χ2v) is 11.8. The minimum Gasteiger partial charge on any atom is -0.381 e. The van der Waals surface area contributed by atoms with Crippen LogP contribution in [0.2, 0.25) is 0 Å². The standard InChI is InChI=1S/C23H30N4O4S2/c1-3-33(30,31)27-6-4-15(5-7-27)21-11-25-22-19(21)9-16(10-20(22)23(24)29)17-8-18(32-13-17)12-26(2)14-28/h8-11,13,15,25,28H,3-7,12,14H2,1-2H3,(H2,24,29). The van der Waals surface area contributed by atoms with E-state index in [1.807, 2.05) is 29.6 Å². The molecule has 33 heavy (non-hydrogen) atoms. The van der Waals surface area contributed by atoms with Crippen LogP contribution in [-0.4, -0.2) is 66.2 Å². The van der Waals surface area contributed by atoms with Crippen molar-refractivity contribution in [3.8, 4) is 11.1 Å². The molecule has 1 saturated heterocycles. The van der Waals surface area contributed by atoms with Crippen molar-refractivity contribution in [3.63, 3.8) is 0 Å². The van der Waals surface area contributed by atoms with E-state index in [1.165, 1.54) is 0 Å². The number of aliphatic hydroxyl groups is 1. The Bertz CT molecular complexity index is 1260. The van der Waals surface area contributed by atoms with E-state index in [2.05, 4.69) is 17.1 Å². The zero-order chi connectivity index (χ0) is 23.8. The first kappa shape index (κ1) is 23.9. The third-order valence-electron chi connectivity index (χ3n) is 6.39. The van der Waals surface area contributed by atoms with E-state index in [4.69, 9.17) is 5.73 Å². The molecule has 1 aliphatic heterocycles. The SMILES string of the molecule is CCS(=O)(=O)N1CCC(c2c[nH]c3c(C(N)=O)cc(-c4csc(CN(C)CO)c4)cc23)CC1. The number of carbonyl (C=O) groups excluding carboxylic acids is 1. The summed E-state index contributed by atoms with van der Waals surface area (Å²) in [5.74, 6) is -0.170. The number of H-pyrrole nitrogens is 1. The number of carbonyl (C=O) groups is 1. The number of primary amides is 1. The van der Waals surface area contributed by atoms with Gasteiger partial charge in [-0.1, -0.05) is 0 Å². The molecule has 3 heterocycles. The van der Waals surface area contributed by atoms with Crippen molar-refractivity contribution in [1.82, 2.24) is 14.2 Å². The Labute approximate surface area is 198 Å². The van der Waals surface area contributed by atoms with Gasteiger partial charge in [-0.2, -0.15) is 0 Å². The van der Waals surface area contributed by atoms with Gasteiger partial charge in [0, 0.05) is 36.1 Å². The highest BCUT2D eigenvalue weighted by molar-refractivity contribution is 7.89. The molecule has 0 saturated carbocycles. The Morgan fingerprint density at radius 2 is 2.00 bits per heavy atom. The molecule has 0 unspecified atom stereocenters. The first-order valence-electron chi connectivity index (χ1n) is 11.0. The van der Waals surface area contributed by atoms with Gasteiger partial charge >= 0.3 is 0 Å². The number of amides is 1. The summed E-state index contributed by atoms with van der Waals surface area (Å²) in [5.41, 5.74) is 9.90. The van der Waals surface area contributed by atoms with Crippen molar-refractivity contribution in [2.45, 2.75) is 32.2 Å². The number of sulfonamides is 1. The maximum absolute atomic E-state index is 12.3. The number of aromatic amines is 1. The molecule has 1 aromatic carbocycles. The van der Waals surface area contributed by atoms with E-state index < -0.39 is 15.9 Å². The van der Waals surface area contributed by atoms with Crippen molar-refractivity contribution in [1.29, 1.82) is 0 Å². The van der Waals surface area contributed by atoms with Crippen molar-refractivity contribution in [2.75, 3.05) is 32.6 Å². The van der Waals surface area contributed by atoms with E-state index >= 15 is 0 Å². The lowest BCUT2D eigenvalue weighted by atomic mass is 9.88. The monoisotopic (exact) mass is 490 g/mol. The molecule has 4 N–H and O–H groups in total. The van der Waals surface area contributed by atoms with Crippen molar-refractivity contribution in [2.24, 2.45) is 5.73 Å². The summed E-state index contributed by atoms with van der Waals surface area (Å²) in [7, 11) is -1.33. The smallest absolute Gasteiger partial charge is 0.250 e.